The zero-order valence-electron chi connectivity index (χ0n) is 21.8. The Morgan fingerprint density at radius 2 is 1.84 bits per heavy atom. The largest absolute Gasteiger partial charge is 0.369 e. The molecule has 1 amide bonds. The number of nitrogens with zero attached hydrogens (tertiary/aromatic N) is 6. The molecule has 3 heterocycles. The van der Waals surface area contributed by atoms with E-state index < -0.39 is 9.73 Å². The third-order valence-electron chi connectivity index (χ3n) is 5.73. The second-order valence-electron chi connectivity index (χ2n) is 9.20. The predicted molar refractivity (Wildman–Crippen MR) is 156 cm³/mol. The van der Waals surface area contributed by atoms with Gasteiger partial charge in [0.15, 0.2) is 5.82 Å². The molecule has 1 fully saturated rings. The summed E-state index contributed by atoms with van der Waals surface area (Å²) in [6.45, 7) is 8.00. The SMILES string of the molecule is C=CCNC(=O)c1cnc(Nc2ccc(N3CCN(C)CC3)cc2)nc1Nc1cccc(N=S(C)(C)=O)n1.[HH]. The van der Waals surface area contributed by atoms with Gasteiger partial charge in [-0.1, -0.05) is 12.1 Å². The minimum Gasteiger partial charge on any atom is -0.369 e. The molecule has 0 saturated carbocycles. The van der Waals surface area contributed by atoms with E-state index in [9.17, 15) is 9.00 Å². The fourth-order valence-electron chi connectivity index (χ4n) is 3.80. The Bertz CT molecular complexity index is 1410. The summed E-state index contributed by atoms with van der Waals surface area (Å²) in [4.78, 5) is 30.7. The number of pyridine rings is 1. The maximum Gasteiger partial charge on any atom is 0.256 e. The first-order valence-electron chi connectivity index (χ1n) is 12.2. The van der Waals surface area contributed by atoms with Crippen LogP contribution in [0.15, 0.2) is 65.7 Å². The van der Waals surface area contributed by atoms with E-state index in [-0.39, 0.29) is 18.7 Å². The molecule has 202 valence electrons. The Hall–Kier alpha value is -4.03. The van der Waals surface area contributed by atoms with Crippen LogP contribution in [0.2, 0.25) is 0 Å². The van der Waals surface area contributed by atoms with Crippen LogP contribution in [-0.2, 0) is 9.73 Å². The van der Waals surface area contributed by atoms with Gasteiger partial charge in [-0.2, -0.15) is 9.35 Å². The second kappa shape index (κ2) is 12.0. The topological polar surface area (TPSA) is 128 Å². The number of hydrogen-bond acceptors (Lipinski definition) is 10. The van der Waals surface area contributed by atoms with E-state index in [1.54, 1.807) is 24.3 Å². The maximum absolute atomic E-state index is 12.8. The van der Waals surface area contributed by atoms with Crippen molar-refractivity contribution in [3.05, 3.63) is 66.9 Å². The summed E-state index contributed by atoms with van der Waals surface area (Å²) in [5, 5.41) is 9.04. The quantitative estimate of drug-likeness (QED) is 0.351. The lowest BCUT2D eigenvalue weighted by atomic mass is 10.2. The highest BCUT2D eigenvalue weighted by Crippen LogP contribution is 2.24. The van der Waals surface area contributed by atoms with E-state index in [2.05, 4.69) is 70.8 Å². The van der Waals surface area contributed by atoms with Crippen molar-refractivity contribution in [3.8, 4) is 0 Å². The Kier molecular flexibility index (Phi) is 8.54. The van der Waals surface area contributed by atoms with Crippen molar-refractivity contribution in [1.82, 2.24) is 25.2 Å². The summed E-state index contributed by atoms with van der Waals surface area (Å²) in [5.41, 5.74) is 2.22. The molecule has 11 nitrogen and oxygen atoms in total. The molecule has 0 aliphatic carbocycles. The molecular weight excluding hydrogens is 502 g/mol. The van der Waals surface area contributed by atoms with Gasteiger partial charge in [0.25, 0.3) is 5.91 Å². The molecule has 0 atom stereocenters. The third-order valence-corrected chi connectivity index (χ3v) is 6.35. The Morgan fingerprint density at radius 1 is 1.11 bits per heavy atom. The number of carbonyl (C=O) groups excluding carboxylic acids is 1. The number of nitrogens with one attached hydrogen (secondary N) is 3. The highest BCUT2D eigenvalue weighted by Gasteiger charge is 2.17. The molecule has 1 aliphatic rings. The zero-order valence-corrected chi connectivity index (χ0v) is 22.7. The first-order valence-corrected chi connectivity index (χ1v) is 14.5. The molecule has 3 N–H and O–H groups in total. The minimum atomic E-state index is -2.38. The molecular formula is C26H35N9O2S. The summed E-state index contributed by atoms with van der Waals surface area (Å²) >= 11 is 0. The monoisotopic (exact) mass is 537 g/mol. The maximum atomic E-state index is 12.8. The number of likely N-dealkylation sites (N-methyl/N-ethyl adjacent to an activating group) is 1. The van der Waals surface area contributed by atoms with Crippen LogP contribution in [0, 0.1) is 0 Å². The fraction of sp³-hybridized carbons (Fsp3) is 0.308. The summed E-state index contributed by atoms with van der Waals surface area (Å²) in [6.07, 6.45) is 6.12. The van der Waals surface area contributed by atoms with Crippen molar-refractivity contribution in [3.63, 3.8) is 0 Å². The number of anilines is 5. The van der Waals surface area contributed by atoms with Gasteiger partial charge in [-0.15, -0.1) is 6.58 Å². The molecule has 0 bridgehead atoms. The van der Waals surface area contributed by atoms with Crippen molar-refractivity contribution < 1.29 is 10.4 Å². The molecule has 12 heteroatoms. The first-order chi connectivity index (χ1) is 18.2. The molecule has 38 heavy (non-hydrogen) atoms. The van der Waals surface area contributed by atoms with Crippen LogP contribution in [0.5, 0.6) is 0 Å². The number of amides is 1. The summed E-state index contributed by atoms with van der Waals surface area (Å²) in [6, 6.07) is 13.2. The van der Waals surface area contributed by atoms with Crippen molar-refractivity contribution in [2.45, 2.75) is 0 Å². The van der Waals surface area contributed by atoms with Gasteiger partial charge in [0.1, 0.15) is 17.2 Å². The number of carbonyl (C=O) groups is 1. The van der Waals surface area contributed by atoms with E-state index in [0.29, 0.717) is 24.1 Å². The lowest BCUT2D eigenvalue weighted by molar-refractivity contribution is 0.0958. The zero-order chi connectivity index (χ0) is 27.1. The number of aromatic nitrogens is 3. The van der Waals surface area contributed by atoms with E-state index in [1.165, 1.54) is 24.4 Å². The lowest BCUT2D eigenvalue weighted by Gasteiger charge is -2.34. The van der Waals surface area contributed by atoms with Crippen LogP contribution in [-0.4, -0.2) is 82.3 Å². The molecule has 1 saturated heterocycles. The van der Waals surface area contributed by atoms with Crippen molar-refractivity contribution in [2.75, 3.05) is 67.8 Å². The Labute approximate surface area is 225 Å². The van der Waals surface area contributed by atoms with Gasteiger partial charge in [-0.3, -0.25) is 4.79 Å². The highest BCUT2D eigenvalue weighted by molar-refractivity contribution is 7.92. The van der Waals surface area contributed by atoms with Crippen LogP contribution in [0.1, 0.15) is 11.8 Å². The van der Waals surface area contributed by atoms with Gasteiger partial charge in [-0.25, -0.2) is 14.2 Å². The lowest BCUT2D eigenvalue weighted by Crippen LogP contribution is -2.44. The Morgan fingerprint density at radius 3 is 2.53 bits per heavy atom. The summed E-state index contributed by atoms with van der Waals surface area (Å²) < 4.78 is 16.2. The summed E-state index contributed by atoms with van der Waals surface area (Å²) in [5.74, 6) is 0.924. The number of benzene rings is 1. The molecule has 0 spiro atoms. The predicted octanol–water partition coefficient (Wildman–Crippen LogP) is 3.63. The van der Waals surface area contributed by atoms with Gasteiger partial charge in [0, 0.05) is 74.0 Å². The van der Waals surface area contributed by atoms with Gasteiger partial charge in [0.2, 0.25) is 5.95 Å². The van der Waals surface area contributed by atoms with Crippen LogP contribution in [0.3, 0.4) is 0 Å². The van der Waals surface area contributed by atoms with Gasteiger partial charge < -0.3 is 25.8 Å². The first kappa shape index (κ1) is 27.0. The van der Waals surface area contributed by atoms with E-state index in [4.69, 9.17) is 0 Å². The van der Waals surface area contributed by atoms with Crippen molar-refractivity contribution >= 4 is 50.4 Å². The fourth-order valence-corrected chi connectivity index (χ4v) is 4.36. The molecule has 1 aliphatic heterocycles. The van der Waals surface area contributed by atoms with Gasteiger partial charge >= 0.3 is 0 Å². The van der Waals surface area contributed by atoms with Gasteiger partial charge in [-0.05, 0) is 43.4 Å². The van der Waals surface area contributed by atoms with E-state index in [0.717, 1.165) is 31.9 Å². The smallest absolute Gasteiger partial charge is 0.256 e. The molecule has 0 radical (unpaired) electrons. The molecule has 0 unspecified atom stereocenters. The van der Waals surface area contributed by atoms with E-state index >= 15 is 0 Å². The highest BCUT2D eigenvalue weighted by atomic mass is 32.2. The van der Waals surface area contributed by atoms with Crippen LogP contribution >= 0.6 is 0 Å². The van der Waals surface area contributed by atoms with Crippen LogP contribution in [0.25, 0.3) is 0 Å². The van der Waals surface area contributed by atoms with Crippen LogP contribution < -0.4 is 20.9 Å². The number of piperazine rings is 1. The average molecular weight is 538 g/mol. The molecule has 4 rings (SSSR count). The minimum absolute atomic E-state index is 0. The summed E-state index contributed by atoms with van der Waals surface area (Å²) in [7, 11) is -0.245. The van der Waals surface area contributed by atoms with Gasteiger partial charge in [0.05, 0.1) is 0 Å². The molecule has 3 aromatic rings. The van der Waals surface area contributed by atoms with Crippen LogP contribution in [0.4, 0.5) is 34.8 Å². The number of rotatable bonds is 9. The third kappa shape index (κ3) is 7.49. The van der Waals surface area contributed by atoms with Crippen molar-refractivity contribution in [2.24, 2.45) is 4.36 Å². The number of hydrogen-bond donors (Lipinski definition) is 3. The normalized spacial score (nSPS) is 14.0. The average Bonchev–Trinajstić information content (AvgIpc) is 2.88. The standard InChI is InChI=1S/C26H33N9O2S.H2/c1-5-13-27-25(36)21-18-28-26(29-19-9-11-20(12-10-19)35-16-14-34(2)15-17-35)32-24(21)31-22-7-6-8-23(30-22)33-38(3,4)37;/h5-12,18H,1,13-17H2,2-4H3,(H,27,36)(H2,28,29,30,31,32);1H. The second-order valence-corrected chi connectivity index (χ2v) is 11.7. The molecule has 2 aromatic heterocycles. The Balaban J connectivity index is 0.00000420. The van der Waals surface area contributed by atoms with Crippen molar-refractivity contribution in [1.29, 1.82) is 0 Å². The molecule has 1 aromatic carbocycles. The van der Waals surface area contributed by atoms with E-state index in [1.807, 2.05) is 12.1 Å².